The maximum atomic E-state index is 12.0. The molecule has 3 N–H and O–H groups in total. The van der Waals surface area contributed by atoms with Gasteiger partial charge in [0, 0.05) is 12.1 Å². The number of esters is 1. The Hall–Kier alpha value is -2.24. The van der Waals surface area contributed by atoms with Gasteiger partial charge in [0.25, 0.3) is 0 Å². The lowest BCUT2D eigenvalue weighted by atomic mass is 9.86. The van der Waals surface area contributed by atoms with Gasteiger partial charge in [-0.15, -0.1) is 0 Å². The lowest BCUT2D eigenvalue weighted by molar-refractivity contribution is -0.143. The first-order chi connectivity index (χ1) is 10.4. The fourth-order valence-electron chi connectivity index (χ4n) is 2.91. The van der Waals surface area contributed by atoms with Crippen LogP contribution in [0.3, 0.4) is 0 Å². The van der Waals surface area contributed by atoms with E-state index in [9.17, 15) is 9.59 Å². The van der Waals surface area contributed by atoms with Crippen LogP contribution >= 0.6 is 0 Å². The van der Waals surface area contributed by atoms with Gasteiger partial charge in [-0.05, 0) is 44.9 Å². The first-order valence-corrected chi connectivity index (χ1v) is 7.60. The molecule has 1 atom stereocenters. The van der Waals surface area contributed by atoms with Gasteiger partial charge in [-0.3, -0.25) is 9.59 Å². The number of anilines is 3. The maximum Gasteiger partial charge on any atom is 0.305 e. The SMILES string of the molecule is CCOC(=O)CCC1Nc2cc3c(cc2N1)C(C)(C)C(=O)N3. The number of fused-ring (bicyclic) bond motifs is 2. The summed E-state index contributed by atoms with van der Waals surface area (Å²) >= 11 is 0. The summed E-state index contributed by atoms with van der Waals surface area (Å²) in [6.45, 7) is 6.05. The molecule has 1 aromatic rings. The number of carbonyl (C=O) groups is 2. The quantitative estimate of drug-likeness (QED) is 0.744. The monoisotopic (exact) mass is 303 g/mol. The third kappa shape index (κ3) is 2.38. The van der Waals surface area contributed by atoms with Crippen molar-refractivity contribution < 1.29 is 14.3 Å². The Morgan fingerprint density at radius 2 is 1.91 bits per heavy atom. The molecular weight excluding hydrogens is 282 g/mol. The van der Waals surface area contributed by atoms with E-state index in [2.05, 4.69) is 16.0 Å². The van der Waals surface area contributed by atoms with E-state index in [1.165, 1.54) is 0 Å². The van der Waals surface area contributed by atoms with Crippen LogP contribution in [0, 0.1) is 0 Å². The second-order valence-electron chi connectivity index (χ2n) is 6.21. The van der Waals surface area contributed by atoms with Gasteiger partial charge in [-0.2, -0.15) is 0 Å². The van der Waals surface area contributed by atoms with Crippen LogP contribution < -0.4 is 16.0 Å². The van der Waals surface area contributed by atoms with E-state index >= 15 is 0 Å². The number of ether oxygens (including phenoxy) is 1. The van der Waals surface area contributed by atoms with Crippen LogP contribution in [0.4, 0.5) is 17.1 Å². The summed E-state index contributed by atoms with van der Waals surface area (Å²) in [7, 11) is 0. The molecule has 0 radical (unpaired) electrons. The van der Waals surface area contributed by atoms with E-state index in [1.54, 1.807) is 6.92 Å². The minimum absolute atomic E-state index is 0.000691. The number of benzene rings is 1. The molecule has 6 heteroatoms. The highest BCUT2D eigenvalue weighted by Crippen LogP contribution is 2.44. The summed E-state index contributed by atoms with van der Waals surface area (Å²) < 4.78 is 4.94. The summed E-state index contributed by atoms with van der Waals surface area (Å²) in [6.07, 6.45) is 1.02. The third-order valence-electron chi connectivity index (χ3n) is 4.25. The summed E-state index contributed by atoms with van der Waals surface area (Å²) in [5.41, 5.74) is 3.25. The van der Waals surface area contributed by atoms with Crippen LogP contribution in [-0.4, -0.2) is 24.6 Å². The molecule has 3 rings (SSSR count). The summed E-state index contributed by atoms with van der Waals surface area (Å²) in [5.74, 6) is -0.164. The van der Waals surface area contributed by atoms with Gasteiger partial charge >= 0.3 is 5.97 Å². The van der Waals surface area contributed by atoms with Gasteiger partial charge in [0.05, 0.1) is 29.6 Å². The summed E-state index contributed by atoms with van der Waals surface area (Å²) in [5, 5.41) is 9.61. The lowest BCUT2D eigenvalue weighted by Crippen LogP contribution is -2.27. The normalized spacial score (nSPS) is 20.5. The molecule has 0 bridgehead atoms. The number of amides is 1. The molecule has 118 valence electrons. The zero-order valence-corrected chi connectivity index (χ0v) is 13.1. The fraction of sp³-hybridized carbons (Fsp3) is 0.500. The van der Waals surface area contributed by atoms with Crippen molar-refractivity contribution in [1.82, 2.24) is 0 Å². The van der Waals surface area contributed by atoms with Crippen LogP contribution in [-0.2, 0) is 19.7 Å². The fourth-order valence-corrected chi connectivity index (χ4v) is 2.91. The molecule has 0 fully saturated rings. The molecule has 2 aliphatic rings. The number of carbonyl (C=O) groups excluding carboxylic acids is 2. The Morgan fingerprint density at radius 3 is 2.59 bits per heavy atom. The lowest BCUT2D eigenvalue weighted by Gasteiger charge is -2.15. The molecule has 2 aliphatic heterocycles. The van der Waals surface area contributed by atoms with Crippen molar-refractivity contribution in [2.75, 3.05) is 22.6 Å². The zero-order valence-electron chi connectivity index (χ0n) is 13.1. The van der Waals surface area contributed by atoms with Gasteiger partial charge in [0.15, 0.2) is 0 Å². The van der Waals surface area contributed by atoms with Crippen LogP contribution in [0.5, 0.6) is 0 Å². The largest absolute Gasteiger partial charge is 0.466 e. The average molecular weight is 303 g/mol. The van der Waals surface area contributed by atoms with E-state index < -0.39 is 5.41 Å². The van der Waals surface area contributed by atoms with Crippen molar-refractivity contribution in [1.29, 1.82) is 0 Å². The zero-order chi connectivity index (χ0) is 15.9. The second kappa shape index (κ2) is 5.19. The first-order valence-electron chi connectivity index (χ1n) is 7.60. The molecule has 1 amide bonds. The molecule has 0 aliphatic carbocycles. The molecule has 2 heterocycles. The van der Waals surface area contributed by atoms with E-state index in [0.29, 0.717) is 19.4 Å². The molecule has 0 spiro atoms. The van der Waals surface area contributed by atoms with E-state index in [1.807, 2.05) is 26.0 Å². The minimum Gasteiger partial charge on any atom is -0.466 e. The van der Waals surface area contributed by atoms with Gasteiger partial charge in [0.2, 0.25) is 5.91 Å². The smallest absolute Gasteiger partial charge is 0.305 e. The van der Waals surface area contributed by atoms with E-state index in [4.69, 9.17) is 4.74 Å². The van der Waals surface area contributed by atoms with Crippen molar-refractivity contribution in [3.8, 4) is 0 Å². The highest BCUT2D eigenvalue weighted by molar-refractivity contribution is 6.07. The Morgan fingerprint density at radius 1 is 1.23 bits per heavy atom. The minimum atomic E-state index is -0.519. The van der Waals surface area contributed by atoms with Gasteiger partial charge in [0.1, 0.15) is 0 Å². The van der Waals surface area contributed by atoms with E-state index in [0.717, 1.165) is 22.6 Å². The predicted octanol–water partition coefficient (Wildman–Crippen LogP) is 2.42. The highest BCUT2D eigenvalue weighted by atomic mass is 16.5. The molecule has 1 unspecified atom stereocenters. The molecule has 0 saturated heterocycles. The number of nitrogens with one attached hydrogen (secondary N) is 3. The van der Waals surface area contributed by atoms with E-state index in [-0.39, 0.29) is 18.0 Å². The second-order valence-corrected chi connectivity index (χ2v) is 6.21. The third-order valence-corrected chi connectivity index (χ3v) is 4.25. The topological polar surface area (TPSA) is 79.5 Å². The average Bonchev–Trinajstić information content (AvgIpc) is 2.94. The molecular formula is C16H21N3O3. The summed E-state index contributed by atoms with van der Waals surface area (Å²) in [4.78, 5) is 23.4. The molecule has 1 aromatic carbocycles. The van der Waals surface area contributed by atoms with Crippen molar-refractivity contribution in [3.05, 3.63) is 17.7 Å². The van der Waals surface area contributed by atoms with Crippen molar-refractivity contribution in [2.45, 2.75) is 45.2 Å². The number of rotatable bonds is 4. The first kappa shape index (κ1) is 14.7. The van der Waals surface area contributed by atoms with Gasteiger partial charge in [-0.25, -0.2) is 0 Å². The van der Waals surface area contributed by atoms with Crippen molar-refractivity contribution in [3.63, 3.8) is 0 Å². The van der Waals surface area contributed by atoms with Crippen LogP contribution in [0.25, 0.3) is 0 Å². The van der Waals surface area contributed by atoms with Gasteiger partial charge in [-0.1, -0.05) is 0 Å². The molecule has 0 aromatic heterocycles. The van der Waals surface area contributed by atoms with Crippen molar-refractivity contribution in [2.24, 2.45) is 0 Å². The van der Waals surface area contributed by atoms with Gasteiger partial charge < -0.3 is 20.7 Å². The Bertz CT molecular complexity index is 640. The van der Waals surface area contributed by atoms with Crippen LogP contribution in [0.2, 0.25) is 0 Å². The summed E-state index contributed by atoms with van der Waals surface area (Å²) in [6, 6.07) is 3.97. The maximum absolute atomic E-state index is 12.0. The standard InChI is InChI=1S/C16H21N3O3/c1-4-22-14(20)6-5-13-17-11-7-9-10(8-12(11)18-13)19-15(21)16(9,2)3/h7-8,13,17-18H,4-6H2,1-3H3,(H,19,21). The number of hydrogen-bond donors (Lipinski definition) is 3. The molecule has 22 heavy (non-hydrogen) atoms. The Labute approximate surface area is 129 Å². The number of hydrogen-bond acceptors (Lipinski definition) is 5. The highest BCUT2D eigenvalue weighted by Gasteiger charge is 2.39. The Balaban J connectivity index is 1.71. The van der Waals surface area contributed by atoms with Crippen LogP contribution in [0.1, 0.15) is 39.2 Å². The van der Waals surface area contributed by atoms with Crippen molar-refractivity contribution >= 4 is 28.9 Å². The molecule has 0 saturated carbocycles. The van der Waals surface area contributed by atoms with Crippen LogP contribution in [0.15, 0.2) is 12.1 Å². The predicted molar refractivity (Wildman–Crippen MR) is 85.0 cm³/mol. The molecule has 6 nitrogen and oxygen atoms in total. The Kier molecular flexibility index (Phi) is 3.47.